The van der Waals surface area contributed by atoms with E-state index in [1.54, 1.807) is 55.7 Å². The van der Waals surface area contributed by atoms with Gasteiger partial charge in [0.05, 0.1) is 18.1 Å². The Bertz CT molecular complexity index is 1900. The maximum absolute atomic E-state index is 13.6. The number of hydrogen-bond donors (Lipinski definition) is 3. The second-order valence-corrected chi connectivity index (χ2v) is 13.5. The predicted octanol–water partition coefficient (Wildman–Crippen LogP) is 8.47. The van der Waals surface area contributed by atoms with Gasteiger partial charge in [-0.3, -0.25) is 14.4 Å². The van der Waals surface area contributed by atoms with Crippen LogP contribution in [-0.4, -0.2) is 35.1 Å². The molecule has 0 saturated heterocycles. The maximum Gasteiger partial charge on any atom is 0.272 e. The van der Waals surface area contributed by atoms with Crippen molar-refractivity contribution < 1.29 is 19.1 Å². The van der Waals surface area contributed by atoms with Crippen molar-refractivity contribution in [1.82, 2.24) is 10.3 Å². The molecule has 0 fully saturated rings. The molecule has 5 rings (SSSR count). The second kappa shape index (κ2) is 16.1. The third-order valence-electron chi connectivity index (χ3n) is 7.34. The third kappa shape index (κ3) is 9.21. The SMILES string of the molecule is COc1ccc(-c2csc(NC(=O)C(C)Sc3cccc(NC(=O)/C(=C\c4ccc(C(C)C)cc4)NC(=O)c4ccccc4)c3)n2)cc1. The fourth-order valence-electron chi connectivity index (χ4n) is 4.62. The average molecular weight is 677 g/mol. The van der Waals surface area contributed by atoms with E-state index in [2.05, 4.69) is 34.8 Å². The lowest BCUT2D eigenvalue weighted by Crippen LogP contribution is -2.30. The highest BCUT2D eigenvalue weighted by Gasteiger charge is 2.19. The van der Waals surface area contributed by atoms with Gasteiger partial charge in [-0.05, 0) is 84.6 Å². The Hall–Kier alpha value is -5.19. The topological polar surface area (TPSA) is 109 Å². The molecule has 5 aromatic rings. The van der Waals surface area contributed by atoms with Crippen LogP contribution >= 0.6 is 23.1 Å². The van der Waals surface area contributed by atoms with Gasteiger partial charge in [-0.25, -0.2) is 4.98 Å². The quantitative estimate of drug-likeness (QED) is 0.0904. The van der Waals surface area contributed by atoms with Crippen molar-refractivity contribution in [2.24, 2.45) is 0 Å². The van der Waals surface area contributed by atoms with E-state index in [1.807, 2.05) is 73.0 Å². The number of aromatic nitrogens is 1. The lowest BCUT2D eigenvalue weighted by molar-refractivity contribution is -0.115. The molecule has 244 valence electrons. The normalized spacial score (nSPS) is 11.9. The van der Waals surface area contributed by atoms with Crippen LogP contribution in [0.3, 0.4) is 0 Å². The molecule has 0 aliphatic rings. The van der Waals surface area contributed by atoms with E-state index in [0.717, 1.165) is 27.5 Å². The number of ether oxygens (including phenoxy) is 1. The van der Waals surface area contributed by atoms with Gasteiger partial charge in [0, 0.05) is 27.1 Å². The highest BCUT2D eigenvalue weighted by atomic mass is 32.2. The highest BCUT2D eigenvalue weighted by Crippen LogP contribution is 2.29. The van der Waals surface area contributed by atoms with Crippen LogP contribution in [0.5, 0.6) is 5.75 Å². The zero-order valence-electron chi connectivity index (χ0n) is 27.0. The summed E-state index contributed by atoms with van der Waals surface area (Å²) >= 11 is 2.71. The van der Waals surface area contributed by atoms with Crippen molar-refractivity contribution in [3.8, 4) is 17.0 Å². The van der Waals surface area contributed by atoms with Crippen LogP contribution in [0.4, 0.5) is 10.8 Å². The summed E-state index contributed by atoms with van der Waals surface area (Å²) in [4.78, 5) is 45.0. The van der Waals surface area contributed by atoms with Gasteiger partial charge in [-0.15, -0.1) is 23.1 Å². The molecule has 0 bridgehead atoms. The first-order valence-corrected chi connectivity index (χ1v) is 17.1. The Kier molecular flexibility index (Phi) is 11.4. The van der Waals surface area contributed by atoms with E-state index < -0.39 is 17.1 Å². The van der Waals surface area contributed by atoms with Gasteiger partial charge < -0.3 is 20.7 Å². The van der Waals surface area contributed by atoms with Crippen LogP contribution in [0.25, 0.3) is 17.3 Å². The first-order chi connectivity index (χ1) is 23.2. The number of nitrogens with one attached hydrogen (secondary N) is 3. The molecule has 1 unspecified atom stereocenters. The lowest BCUT2D eigenvalue weighted by atomic mass is 10.0. The van der Waals surface area contributed by atoms with Crippen molar-refractivity contribution in [3.05, 3.63) is 131 Å². The van der Waals surface area contributed by atoms with Gasteiger partial charge in [0.15, 0.2) is 5.13 Å². The monoisotopic (exact) mass is 676 g/mol. The summed E-state index contributed by atoms with van der Waals surface area (Å²) in [5.74, 6) is 0.0687. The number of thiazole rings is 1. The summed E-state index contributed by atoms with van der Waals surface area (Å²) in [5.41, 5.74) is 4.71. The summed E-state index contributed by atoms with van der Waals surface area (Å²) in [6, 6.07) is 31.4. The van der Waals surface area contributed by atoms with Crippen molar-refractivity contribution >= 4 is 57.7 Å². The predicted molar refractivity (Wildman–Crippen MR) is 196 cm³/mol. The Balaban J connectivity index is 1.25. The summed E-state index contributed by atoms with van der Waals surface area (Å²) in [6.45, 7) is 6.04. The van der Waals surface area contributed by atoms with Gasteiger partial charge in [0.25, 0.3) is 11.8 Å². The maximum atomic E-state index is 13.6. The minimum Gasteiger partial charge on any atom is -0.497 e. The Morgan fingerprint density at radius 3 is 2.27 bits per heavy atom. The zero-order chi connectivity index (χ0) is 34.0. The Morgan fingerprint density at radius 1 is 0.854 bits per heavy atom. The van der Waals surface area contributed by atoms with Gasteiger partial charge in [-0.1, -0.05) is 62.4 Å². The Morgan fingerprint density at radius 2 is 1.58 bits per heavy atom. The number of carbonyl (C=O) groups excluding carboxylic acids is 3. The molecular formula is C38H36N4O4S2. The largest absolute Gasteiger partial charge is 0.497 e. The fourth-order valence-corrected chi connectivity index (χ4v) is 6.27. The molecule has 3 amide bonds. The van der Waals surface area contributed by atoms with Crippen LogP contribution in [0.1, 0.15) is 48.2 Å². The van der Waals surface area contributed by atoms with Gasteiger partial charge in [0.1, 0.15) is 11.4 Å². The molecule has 0 spiro atoms. The third-order valence-corrected chi connectivity index (χ3v) is 9.19. The average Bonchev–Trinajstić information content (AvgIpc) is 3.57. The van der Waals surface area contributed by atoms with Crippen molar-refractivity contribution in [2.45, 2.75) is 36.8 Å². The van der Waals surface area contributed by atoms with Crippen LogP contribution in [0.15, 0.2) is 119 Å². The number of hydrogen-bond acceptors (Lipinski definition) is 7. The van der Waals surface area contributed by atoms with E-state index >= 15 is 0 Å². The first-order valence-electron chi connectivity index (χ1n) is 15.4. The number of nitrogens with zero attached hydrogens (tertiary/aromatic N) is 1. The minimum absolute atomic E-state index is 0.101. The standard InChI is InChI=1S/C38H36N4O4S2/c1-24(2)27-15-13-26(14-16-27)21-33(40-36(44)29-9-6-5-7-10-29)37(45)39-30-11-8-12-32(22-30)48-25(3)35(43)42-38-41-34(23-47-38)28-17-19-31(46-4)20-18-28/h5-25H,1-4H3,(H,39,45)(H,40,44)(H,41,42,43)/b33-21+. The van der Waals surface area contributed by atoms with Crippen LogP contribution < -0.4 is 20.7 Å². The molecule has 0 radical (unpaired) electrons. The fraction of sp³-hybridized carbons (Fsp3) is 0.158. The van der Waals surface area contributed by atoms with E-state index in [0.29, 0.717) is 22.3 Å². The summed E-state index contributed by atoms with van der Waals surface area (Å²) in [6.07, 6.45) is 1.66. The van der Waals surface area contributed by atoms with Gasteiger partial charge in [-0.2, -0.15) is 0 Å². The van der Waals surface area contributed by atoms with Crippen molar-refractivity contribution in [1.29, 1.82) is 0 Å². The summed E-state index contributed by atoms with van der Waals surface area (Å²) < 4.78 is 5.22. The number of carbonyl (C=O) groups is 3. The van der Waals surface area contributed by atoms with Gasteiger partial charge >= 0.3 is 0 Å². The minimum atomic E-state index is -0.475. The van der Waals surface area contributed by atoms with Crippen LogP contribution in [0, 0.1) is 0 Å². The van der Waals surface area contributed by atoms with E-state index in [4.69, 9.17) is 4.74 Å². The number of rotatable bonds is 12. The number of methoxy groups -OCH3 is 1. The van der Waals surface area contributed by atoms with E-state index in [9.17, 15) is 14.4 Å². The molecule has 1 atom stereocenters. The lowest BCUT2D eigenvalue weighted by Gasteiger charge is -2.14. The number of benzene rings is 4. The number of amides is 3. The molecule has 0 aliphatic carbocycles. The number of anilines is 2. The Labute approximate surface area is 288 Å². The molecule has 10 heteroatoms. The molecule has 8 nitrogen and oxygen atoms in total. The summed E-state index contributed by atoms with van der Waals surface area (Å²) in [7, 11) is 1.62. The van der Waals surface area contributed by atoms with Crippen LogP contribution in [0.2, 0.25) is 0 Å². The first kappa shape index (κ1) is 34.2. The smallest absolute Gasteiger partial charge is 0.272 e. The van der Waals surface area contributed by atoms with E-state index in [1.165, 1.54) is 28.7 Å². The molecule has 1 heterocycles. The molecule has 3 N–H and O–H groups in total. The zero-order valence-corrected chi connectivity index (χ0v) is 28.7. The van der Waals surface area contributed by atoms with Crippen molar-refractivity contribution in [3.63, 3.8) is 0 Å². The molecule has 48 heavy (non-hydrogen) atoms. The van der Waals surface area contributed by atoms with Crippen molar-refractivity contribution in [2.75, 3.05) is 17.7 Å². The molecular weight excluding hydrogens is 641 g/mol. The molecule has 0 aliphatic heterocycles. The second-order valence-electron chi connectivity index (χ2n) is 11.2. The highest BCUT2D eigenvalue weighted by molar-refractivity contribution is 8.00. The van der Waals surface area contributed by atoms with Crippen LogP contribution in [-0.2, 0) is 9.59 Å². The molecule has 4 aromatic carbocycles. The number of thioether (sulfide) groups is 1. The van der Waals surface area contributed by atoms with Gasteiger partial charge in [0.2, 0.25) is 5.91 Å². The molecule has 0 saturated carbocycles. The molecule has 1 aromatic heterocycles. The summed E-state index contributed by atoms with van der Waals surface area (Å²) in [5, 5.41) is 10.6. The van der Waals surface area contributed by atoms with E-state index in [-0.39, 0.29) is 11.6 Å².